The van der Waals surface area contributed by atoms with Gasteiger partial charge in [-0.25, -0.2) is 0 Å². The second kappa shape index (κ2) is 8.31. The molecule has 19 heavy (non-hydrogen) atoms. The fraction of sp³-hybridized carbons (Fsp3) is 1.00. The van der Waals surface area contributed by atoms with Gasteiger partial charge >= 0.3 is 8.80 Å². The predicted molar refractivity (Wildman–Crippen MR) is 73.7 cm³/mol. The number of hydrogen-bond donors (Lipinski definition) is 1. The maximum atomic E-state index is 5.76. The largest absolute Gasteiger partial charge is 0.501 e. The van der Waals surface area contributed by atoms with Crippen molar-refractivity contribution in [3.63, 3.8) is 0 Å². The van der Waals surface area contributed by atoms with E-state index >= 15 is 0 Å². The molecule has 1 fully saturated rings. The molecule has 1 aliphatic rings. The van der Waals surface area contributed by atoms with Gasteiger partial charge in [-0.05, 0) is 27.2 Å². The van der Waals surface area contributed by atoms with Crippen LogP contribution < -0.4 is 5.73 Å². The molecule has 1 heterocycles. The first-order valence-corrected chi connectivity index (χ1v) is 8.95. The summed E-state index contributed by atoms with van der Waals surface area (Å²) in [6.07, 6.45) is 0.836. The molecule has 0 bridgehead atoms. The number of ether oxygens (including phenoxy) is 2. The fourth-order valence-corrected chi connectivity index (χ4v) is 4.39. The van der Waals surface area contributed by atoms with E-state index in [-0.39, 0.29) is 0 Å². The minimum Gasteiger partial charge on any atom is -0.377 e. The Labute approximate surface area is 116 Å². The van der Waals surface area contributed by atoms with Gasteiger partial charge in [-0.15, -0.1) is 0 Å². The second-order valence-corrected chi connectivity index (χ2v) is 7.22. The van der Waals surface area contributed by atoms with Crippen LogP contribution in [-0.2, 0) is 22.8 Å². The molecule has 2 N–H and O–H groups in total. The van der Waals surface area contributed by atoms with E-state index in [1.54, 1.807) is 0 Å². The highest BCUT2D eigenvalue weighted by atomic mass is 28.4. The molecule has 114 valence electrons. The fourth-order valence-electron chi connectivity index (χ4n) is 1.81. The van der Waals surface area contributed by atoms with E-state index in [2.05, 4.69) is 0 Å². The summed E-state index contributed by atoms with van der Waals surface area (Å²) in [6, 6.07) is 0.765. The van der Waals surface area contributed by atoms with E-state index in [4.69, 9.17) is 28.5 Å². The van der Waals surface area contributed by atoms with Crippen LogP contribution in [-0.4, -0.2) is 54.2 Å². The first-order valence-electron chi connectivity index (χ1n) is 7.02. The summed E-state index contributed by atoms with van der Waals surface area (Å²) >= 11 is 0. The van der Waals surface area contributed by atoms with Crippen LogP contribution in [0.1, 0.15) is 27.2 Å². The smallest absolute Gasteiger partial charge is 0.377 e. The molecule has 0 spiro atoms. The Balaban J connectivity index is 2.25. The summed E-state index contributed by atoms with van der Waals surface area (Å²) in [4.78, 5) is 0. The molecular weight excluding hydrogens is 266 g/mol. The van der Waals surface area contributed by atoms with Crippen LogP contribution in [0.5, 0.6) is 0 Å². The van der Waals surface area contributed by atoms with Crippen molar-refractivity contribution < 1.29 is 22.8 Å². The third kappa shape index (κ3) is 6.31. The van der Waals surface area contributed by atoms with Crippen molar-refractivity contribution in [3.8, 4) is 0 Å². The molecule has 1 unspecified atom stereocenters. The lowest BCUT2D eigenvalue weighted by molar-refractivity contribution is 0.0589. The number of rotatable bonds is 12. The molecule has 7 heteroatoms. The van der Waals surface area contributed by atoms with Gasteiger partial charge in [0.15, 0.2) is 5.72 Å². The third-order valence-corrected chi connectivity index (χ3v) is 5.88. The van der Waals surface area contributed by atoms with Crippen molar-refractivity contribution in [2.75, 3.05) is 39.6 Å². The van der Waals surface area contributed by atoms with E-state index in [0.717, 1.165) is 12.5 Å². The maximum Gasteiger partial charge on any atom is 0.501 e. The molecule has 0 amide bonds. The minimum atomic E-state index is -2.52. The quantitative estimate of drug-likeness (QED) is 0.330. The van der Waals surface area contributed by atoms with Crippen LogP contribution in [0.15, 0.2) is 0 Å². The molecule has 1 atom stereocenters. The van der Waals surface area contributed by atoms with Crippen LogP contribution in [0, 0.1) is 0 Å². The van der Waals surface area contributed by atoms with E-state index in [1.807, 2.05) is 20.8 Å². The van der Waals surface area contributed by atoms with Crippen molar-refractivity contribution >= 4 is 8.80 Å². The first kappa shape index (κ1) is 17.0. The molecule has 1 saturated heterocycles. The van der Waals surface area contributed by atoms with Gasteiger partial charge in [-0.2, -0.15) is 0 Å². The summed E-state index contributed by atoms with van der Waals surface area (Å²) in [6.45, 7) is 9.33. The Morgan fingerprint density at radius 3 is 2.05 bits per heavy atom. The van der Waals surface area contributed by atoms with Crippen LogP contribution in [0.2, 0.25) is 6.04 Å². The molecule has 6 nitrogen and oxygen atoms in total. The Hall–Kier alpha value is -0.0231. The van der Waals surface area contributed by atoms with Gasteiger partial charge in [0.05, 0.1) is 13.2 Å². The van der Waals surface area contributed by atoms with Gasteiger partial charge in [0.25, 0.3) is 0 Å². The highest BCUT2D eigenvalue weighted by molar-refractivity contribution is 6.60. The molecular formula is C12H27NO5Si. The summed E-state index contributed by atoms with van der Waals surface area (Å²) in [5.74, 6) is 0. The normalized spacial score (nSPS) is 22.7. The van der Waals surface area contributed by atoms with Crippen molar-refractivity contribution in [2.24, 2.45) is 5.73 Å². The first-order chi connectivity index (χ1) is 9.10. The van der Waals surface area contributed by atoms with Crippen LogP contribution in [0.4, 0.5) is 0 Å². The average Bonchev–Trinajstić information content (AvgIpc) is 3.08. The Morgan fingerprint density at radius 1 is 1.11 bits per heavy atom. The third-order valence-electron chi connectivity index (χ3n) is 2.73. The van der Waals surface area contributed by atoms with Crippen molar-refractivity contribution in [2.45, 2.75) is 39.0 Å². The van der Waals surface area contributed by atoms with Gasteiger partial charge in [0, 0.05) is 32.5 Å². The minimum absolute atomic E-state index is 0.444. The zero-order valence-electron chi connectivity index (χ0n) is 12.3. The van der Waals surface area contributed by atoms with Crippen molar-refractivity contribution in [1.29, 1.82) is 0 Å². The van der Waals surface area contributed by atoms with Crippen LogP contribution in [0.3, 0.4) is 0 Å². The molecule has 0 aromatic heterocycles. The average molecular weight is 293 g/mol. The summed E-state index contributed by atoms with van der Waals surface area (Å²) in [5.41, 5.74) is 5.21. The SMILES string of the molecule is CCO[Si](CCCOCC1(N)CO1)(OCC)OCC. The zero-order valence-corrected chi connectivity index (χ0v) is 13.3. The summed E-state index contributed by atoms with van der Waals surface area (Å²) in [7, 11) is -2.52. The highest BCUT2D eigenvalue weighted by Crippen LogP contribution is 2.21. The molecule has 1 rings (SSSR count). The number of epoxide rings is 1. The zero-order chi connectivity index (χ0) is 14.2. The summed E-state index contributed by atoms with van der Waals surface area (Å²) in [5, 5.41) is 0. The van der Waals surface area contributed by atoms with Crippen LogP contribution >= 0.6 is 0 Å². The van der Waals surface area contributed by atoms with Gasteiger partial charge in [-0.1, -0.05) is 0 Å². The molecule has 0 radical (unpaired) electrons. The lowest BCUT2D eigenvalue weighted by Gasteiger charge is -2.28. The van der Waals surface area contributed by atoms with Gasteiger partial charge in [0.1, 0.15) is 0 Å². The van der Waals surface area contributed by atoms with Crippen LogP contribution in [0.25, 0.3) is 0 Å². The predicted octanol–water partition coefficient (Wildman–Crippen LogP) is 1.13. The second-order valence-electron chi connectivity index (χ2n) is 4.49. The van der Waals surface area contributed by atoms with E-state index in [0.29, 0.717) is 39.6 Å². The number of hydrogen-bond acceptors (Lipinski definition) is 6. The standard InChI is InChI=1S/C12H27NO5Si/c1-4-16-19(17-5-2,18-6-3)9-7-8-14-10-12(13)11-15-12/h4-11,13H2,1-3H3. The van der Waals surface area contributed by atoms with E-state index in [1.165, 1.54) is 0 Å². The van der Waals surface area contributed by atoms with Crippen molar-refractivity contribution in [1.82, 2.24) is 0 Å². The van der Waals surface area contributed by atoms with Gasteiger partial charge in [0.2, 0.25) is 0 Å². The monoisotopic (exact) mass is 293 g/mol. The summed E-state index contributed by atoms with van der Waals surface area (Å²) < 4.78 is 27.8. The lowest BCUT2D eigenvalue weighted by atomic mass is 10.4. The van der Waals surface area contributed by atoms with Crippen molar-refractivity contribution in [3.05, 3.63) is 0 Å². The Morgan fingerprint density at radius 2 is 1.63 bits per heavy atom. The number of nitrogens with two attached hydrogens (primary N) is 1. The van der Waals surface area contributed by atoms with Gasteiger partial charge < -0.3 is 22.8 Å². The van der Waals surface area contributed by atoms with Gasteiger partial charge in [-0.3, -0.25) is 5.73 Å². The molecule has 1 aliphatic heterocycles. The van der Waals surface area contributed by atoms with E-state index in [9.17, 15) is 0 Å². The molecule has 0 aromatic carbocycles. The lowest BCUT2D eigenvalue weighted by Crippen LogP contribution is -2.46. The topological polar surface area (TPSA) is 75.5 Å². The molecule has 0 aromatic rings. The Bertz CT molecular complexity index is 233. The highest BCUT2D eigenvalue weighted by Gasteiger charge is 2.41. The molecule has 0 aliphatic carbocycles. The van der Waals surface area contributed by atoms with E-state index < -0.39 is 14.5 Å². The molecule has 0 saturated carbocycles. The Kier molecular flexibility index (Phi) is 7.44. The maximum absolute atomic E-state index is 5.76.